The fraction of sp³-hybridized carbons (Fsp3) is 0.389. The summed E-state index contributed by atoms with van der Waals surface area (Å²) >= 11 is 5.99. The molecule has 0 aliphatic carbocycles. The maximum absolute atomic E-state index is 12.4. The minimum atomic E-state index is -0.369. The van der Waals surface area contributed by atoms with Gasteiger partial charge in [-0.05, 0) is 18.2 Å². The molecular weight excluding hydrogens is 324 g/mol. The Balaban J connectivity index is 1.75. The third-order valence-corrected chi connectivity index (χ3v) is 4.18. The molecule has 0 spiro atoms. The van der Waals surface area contributed by atoms with E-state index in [0.29, 0.717) is 24.1 Å². The van der Waals surface area contributed by atoms with Crippen molar-refractivity contribution in [3.63, 3.8) is 0 Å². The van der Waals surface area contributed by atoms with E-state index >= 15 is 0 Å². The van der Waals surface area contributed by atoms with Crippen LogP contribution in [0.15, 0.2) is 30.5 Å². The van der Waals surface area contributed by atoms with Crippen molar-refractivity contribution in [3.05, 3.63) is 46.7 Å². The second kappa shape index (κ2) is 6.40. The van der Waals surface area contributed by atoms with Crippen LogP contribution in [0, 0.1) is 5.41 Å². The van der Waals surface area contributed by atoms with Gasteiger partial charge in [0.1, 0.15) is 0 Å². The van der Waals surface area contributed by atoms with Gasteiger partial charge in [0.2, 0.25) is 11.9 Å². The van der Waals surface area contributed by atoms with E-state index < -0.39 is 0 Å². The second-order valence-corrected chi connectivity index (χ2v) is 7.46. The summed E-state index contributed by atoms with van der Waals surface area (Å²) in [6, 6.07) is 7.44. The lowest BCUT2D eigenvalue weighted by Crippen LogP contribution is -2.42. The van der Waals surface area contributed by atoms with Crippen LogP contribution in [-0.4, -0.2) is 27.3 Å². The zero-order valence-corrected chi connectivity index (χ0v) is 14.9. The van der Waals surface area contributed by atoms with Crippen LogP contribution >= 0.6 is 11.6 Å². The van der Waals surface area contributed by atoms with E-state index in [1.807, 2.05) is 49.9 Å². The lowest BCUT2D eigenvalue weighted by molar-refractivity contribution is -0.140. The Morgan fingerprint density at radius 1 is 1.33 bits per heavy atom. The molecule has 1 aromatic heterocycles. The maximum Gasteiger partial charge on any atom is 0.228 e. The summed E-state index contributed by atoms with van der Waals surface area (Å²) in [6.07, 6.45) is 2.54. The Kier molecular flexibility index (Phi) is 4.45. The smallest absolute Gasteiger partial charge is 0.228 e. The Labute approximate surface area is 147 Å². The molecule has 1 aliphatic heterocycles. The van der Waals surface area contributed by atoms with E-state index in [1.54, 1.807) is 6.20 Å². The van der Waals surface area contributed by atoms with Crippen molar-refractivity contribution in [1.82, 2.24) is 14.9 Å². The van der Waals surface area contributed by atoms with E-state index in [9.17, 15) is 4.79 Å². The van der Waals surface area contributed by atoms with Crippen molar-refractivity contribution in [2.75, 3.05) is 11.9 Å². The first-order chi connectivity index (χ1) is 11.3. The van der Waals surface area contributed by atoms with E-state index in [1.165, 1.54) is 0 Å². The molecule has 0 saturated carbocycles. The molecule has 1 amide bonds. The van der Waals surface area contributed by atoms with Crippen LogP contribution in [0.4, 0.5) is 11.6 Å². The van der Waals surface area contributed by atoms with Gasteiger partial charge in [-0.2, -0.15) is 0 Å². The van der Waals surface area contributed by atoms with Gasteiger partial charge < -0.3 is 10.2 Å². The standard InChI is InChI=1S/C18H21ClN4O/c1-18(2,3)16(24)23-8-7-15-12(11-23)10-20-17(22-15)21-14-6-4-5-13(19)9-14/h4-6,9-10H,7-8,11H2,1-3H3,(H,20,21,22). The summed E-state index contributed by atoms with van der Waals surface area (Å²) in [4.78, 5) is 23.3. The number of amides is 1. The average Bonchev–Trinajstić information content (AvgIpc) is 2.53. The molecule has 1 aromatic carbocycles. The Morgan fingerprint density at radius 2 is 2.12 bits per heavy atom. The van der Waals surface area contributed by atoms with Gasteiger partial charge in [0, 0.05) is 47.4 Å². The molecule has 0 unspecified atom stereocenters. The quantitative estimate of drug-likeness (QED) is 0.900. The van der Waals surface area contributed by atoms with Gasteiger partial charge in [-0.15, -0.1) is 0 Å². The van der Waals surface area contributed by atoms with E-state index in [-0.39, 0.29) is 11.3 Å². The van der Waals surface area contributed by atoms with Crippen molar-refractivity contribution in [2.24, 2.45) is 5.41 Å². The van der Waals surface area contributed by atoms with E-state index in [0.717, 1.165) is 23.4 Å². The number of nitrogens with zero attached hydrogens (tertiary/aromatic N) is 3. The molecule has 24 heavy (non-hydrogen) atoms. The van der Waals surface area contributed by atoms with Gasteiger partial charge in [0.05, 0.1) is 5.69 Å². The fourth-order valence-electron chi connectivity index (χ4n) is 2.72. The summed E-state index contributed by atoms with van der Waals surface area (Å²) in [5.74, 6) is 0.709. The van der Waals surface area contributed by atoms with Crippen molar-refractivity contribution >= 4 is 29.1 Å². The van der Waals surface area contributed by atoms with Crippen LogP contribution in [0.5, 0.6) is 0 Å². The zero-order chi connectivity index (χ0) is 17.3. The van der Waals surface area contributed by atoms with Crippen LogP contribution in [0.3, 0.4) is 0 Å². The molecule has 126 valence electrons. The predicted octanol–water partition coefficient (Wildman–Crippen LogP) is 3.80. The number of nitrogens with one attached hydrogen (secondary N) is 1. The van der Waals surface area contributed by atoms with Crippen LogP contribution in [-0.2, 0) is 17.8 Å². The number of carbonyl (C=O) groups is 1. The van der Waals surface area contributed by atoms with Gasteiger partial charge in [0.25, 0.3) is 0 Å². The minimum Gasteiger partial charge on any atom is -0.337 e. The largest absolute Gasteiger partial charge is 0.337 e. The van der Waals surface area contributed by atoms with Gasteiger partial charge in [0.15, 0.2) is 0 Å². The first-order valence-electron chi connectivity index (χ1n) is 8.00. The SMILES string of the molecule is CC(C)(C)C(=O)N1CCc2nc(Nc3cccc(Cl)c3)ncc2C1. The van der Waals surface area contributed by atoms with Crippen LogP contribution in [0.1, 0.15) is 32.0 Å². The summed E-state index contributed by atoms with van der Waals surface area (Å²) in [5.41, 5.74) is 2.48. The number of hydrogen-bond acceptors (Lipinski definition) is 4. The van der Waals surface area contributed by atoms with Gasteiger partial charge >= 0.3 is 0 Å². The molecule has 0 fully saturated rings. The van der Waals surface area contributed by atoms with Crippen molar-refractivity contribution < 1.29 is 4.79 Å². The number of fused-ring (bicyclic) bond motifs is 1. The molecule has 2 aromatic rings. The topological polar surface area (TPSA) is 58.1 Å². The highest BCUT2D eigenvalue weighted by atomic mass is 35.5. The molecule has 2 heterocycles. The fourth-order valence-corrected chi connectivity index (χ4v) is 2.91. The lowest BCUT2D eigenvalue weighted by atomic mass is 9.93. The monoisotopic (exact) mass is 344 g/mol. The Morgan fingerprint density at radius 3 is 2.83 bits per heavy atom. The molecule has 0 saturated heterocycles. The van der Waals surface area contributed by atoms with Crippen molar-refractivity contribution in [2.45, 2.75) is 33.7 Å². The van der Waals surface area contributed by atoms with Crippen molar-refractivity contribution in [3.8, 4) is 0 Å². The van der Waals surface area contributed by atoms with Crippen LogP contribution in [0.25, 0.3) is 0 Å². The highest BCUT2D eigenvalue weighted by Crippen LogP contribution is 2.25. The first kappa shape index (κ1) is 16.7. The maximum atomic E-state index is 12.4. The molecule has 0 radical (unpaired) electrons. The Hall–Kier alpha value is -2.14. The molecule has 0 atom stereocenters. The van der Waals surface area contributed by atoms with Crippen LogP contribution < -0.4 is 5.32 Å². The first-order valence-corrected chi connectivity index (χ1v) is 8.37. The van der Waals surface area contributed by atoms with Crippen LogP contribution in [0.2, 0.25) is 5.02 Å². The van der Waals surface area contributed by atoms with Gasteiger partial charge in [-0.1, -0.05) is 38.4 Å². The lowest BCUT2D eigenvalue weighted by Gasteiger charge is -2.33. The zero-order valence-electron chi connectivity index (χ0n) is 14.1. The highest BCUT2D eigenvalue weighted by Gasteiger charge is 2.30. The summed E-state index contributed by atoms with van der Waals surface area (Å²) in [7, 11) is 0. The van der Waals surface area contributed by atoms with Gasteiger partial charge in [-0.3, -0.25) is 4.79 Å². The Bertz CT molecular complexity index is 770. The van der Waals surface area contributed by atoms with E-state index in [4.69, 9.17) is 11.6 Å². The predicted molar refractivity (Wildman–Crippen MR) is 95.3 cm³/mol. The number of carbonyl (C=O) groups excluding carboxylic acids is 1. The number of hydrogen-bond donors (Lipinski definition) is 1. The molecule has 0 bridgehead atoms. The van der Waals surface area contributed by atoms with Crippen molar-refractivity contribution in [1.29, 1.82) is 0 Å². The molecule has 6 heteroatoms. The third kappa shape index (κ3) is 3.67. The number of aromatic nitrogens is 2. The van der Waals surface area contributed by atoms with Gasteiger partial charge in [-0.25, -0.2) is 9.97 Å². The average molecular weight is 345 g/mol. The molecule has 1 aliphatic rings. The molecule has 5 nitrogen and oxygen atoms in total. The normalized spacial score (nSPS) is 14.2. The summed E-state index contributed by atoms with van der Waals surface area (Å²) < 4.78 is 0. The number of halogens is 1. The molecule has 3 rings (SSSR count). The molecule has 1 N–H and O–H groups in total. The second-order valence-electron chi connectivity index (χ2n) is 7.03. The minimum absolute atomic E-state index is 0.161. The highest BCUT2D eigenvalue weighted by molar-refractivity contribution is 6.30. The van der Waals surface area contributed by atoms with E-state index in [2.05, 4.69) is 15.3 Å². The number of anilines is 2. The third-order valence-electron chi connectivity index (χ3n) is 3.94. The summed E-state index contributed by atoms with van der Waals surface area (Å²) in [6.45, 7) is 7.09. The summed E-state index contributed by atoms with van der Waals surface area (Å²) in [5, 5.41) is 3.83. The molecular formula is C18H21ClN4O. The number of rotatable bonds is 2. The number of benzene rings is 1.